The van der Waals surface area contributed by atoms with Gasteiger partial charge in [-0.05, 0) is 12.1 Å². The highest BCUT2D eigenvalue weighted by molar-refractivity contribution is 6.33. The minimum Gasteiger partial charge on any atom is -0.496 e. The number of rotatable bonds is 2. The van der Waals surface area contributed by atoms with Gasteiger partial charge >= 0.3 is 0 Å². The monoisotopic (exact) mass is 218 g/mol. The van der Waals surface area contributed by atoms with Gasteiger partial charge in [0.25, 0.3) is 0 Å². The fourth-order valence-corrected chi connectivity index (χ4v) is 1.78. The summed E-state index contributed by atoms with van der Waals surface area (Å²) in [5, 5.41) is 0.738. The Kier molecular flexibility index (Phi) is 2.93. The maximum absolute atomic E-state index is 6.13. The first-order valence-electron chi connectivity index (χ1n) is 4.71. The highest BCUT2D eigenvalue weighted by Crippen LogP contribution is 2.33. The van der Waals surface area contributed by atoms with Gasteiger partial charge in [-0.3, -0.25) is 0 Å². The summed E-state index contributed by atoms with van der Waals surface area (Å²) in [6.45, 7) is 0. The standard InChI is InChI=1S/C13H11ClO/c1-15-13-9-5-3-7-11(13)10-6-2-4-8-12(10)14/h2-9H,1H3. The molecule has 0 amide bonds. The van der Waals surface area contributed by atoms with Gasteiger partial charge in [0.05, 0.1) is 7.11 Å². The van der Waals surface area contributed by atoms with E-state index in [-0.39, 0.29) is 0 Å². The third-order valence-electron chi connectivity index (χ3n) is 2.27. The first-order chi connectivity index (χ1) is 7.33. The van der Waals surface area contributed by atoms with Crippen molar-refractivity contribution in [1.82, 2.24) is 0 Å². The Morgan fingerprint density at radius 3 is 2.13 bits per heavy atom. The first kappa shape index (κ1) is 10.1. The lowest BCUT2D eigenvalue weighted by Gasteiger charge is -2.09. The first-order valence-corrected chi connectivity index (χ1v) is 5.08. The molecule has 15 heavy (non-hydrogen) atoms. The van der Waals surface area contributed by atoms with Crippen LogP contribution < -0.4 is 4.74 Å². The van der Waals surface area contributed by atoms with E-state index in [2.05, 4.69) is 0 Å². The maximum Gasteiger partial charge on any atom is 0.126 e. The lowest BCUT2D eigenvalue weighted by atomic mass is 10.0. The van der Waals surface area contributed by atoms with Crippen LogP contribution in [0.5, 0.6) is 5.75 Å². The summed E-state index contributed by atoms with van der Waals surface area (Å²) in [6.07, 6.45) is 0. The van der Waals surface area contributed by atoms with Crippen LogP contribution in [0.4, 0.5) is 0 Å². The maximum atomic E-state index is 6.13. The molecule has 0 aromatic heterocycles. The molecule has 0 heterocycles. The van der Waals surface area contributed by atoms with Crippen molar-refractivity contribution < 1.29 is 4.74 Å². The number of halogens is 1. The molecular weight excluding hydrogens is 208 g/mol. The van der Waals surface area contributed by atoms with Gasteiger partial charge in [0, 0.05) is 16.1 Å². The molecule has 0 unspecified atom stereocenters. The van der Waals surface area contributed by atoms with Crippen molar-refractivity contribution in [2.45, 2.75) is 0 Å². The zero-order valence-electron chi connectivity index (χ0n) is 8.41. The third-order valence-corrected chi connectivity index (χ3v) is 2.60. The minimum atomic E-state index is 0.738. The summed E-state index contributed by atoms with van der Waals surface area (Å²) in [5.41, 5.74) is 2.02. The number of methoxy groups -OCH3 is 1. The van der Waals surface area contributed by atoms with E-state index in [9.17, 15) is 0 Å². The zero-order valence-corrected chi connectivity index (χ0v) is 9.16. The van der Waals surface area contributed by atoms with Crippen molar-refractivity contribution in [2.24, 2.45) is 0 Å². The van der Waals surface area contributed by atoms with Crippen LogP contribution in [0.1, 0.15) is 0 Å². The number of ether oxygens (including phenoxy) is 1. The topological polar surface area (TPSA) is 9.23 Å². The third kappa shape index (κ3) is 1.97. The second-order valence-electron chi connectivity index (χ2n) is 3.18. The van der Waals surface area contributed by atoms with Gasteiger partial charge in [-0.2, -0.15) is 0 Å². The quantitative estimate of drug-likeness (QED) is 0.740. The van der Waals surface area contributed by atoms with Crippen molar-refractivity contribution in [3.05, 3.63) is 53.6 Å². The second kappa shape index (κ2) is 4.37. The van der Waals surface area contributed by atoms with Gasteiger partial charge in [-0.25, -0.2) is 0 Å². The SMILES string of the molecule is COc1ccccc1-c1ccccc1Cl. The van der Waals surface area contributed by atoms with E-state index < -0.39 is 0 Å². The van der Waals surface area contributed by atoms with Crippen LogP contribution >= 0.6 is 11.6 Å². The number of hydrogen-bond acceptors (Lipinski definition) is 1. The van der Waals surface area contributed by atoms with Crippen molar-refractivity contribution in [3.8, 4) is 16.9 Å². The lowest BCUT2D eigenvalue weighted by Crippen LogP contribution is -1.87. The van der Waals surface area contributed by atoms with Gasteiger partial charge < -0.3 is 4.74 Å². The lowest BCUT2D eigenvalue weighted by molar-refractivity contribution is 0.416. The molecule has 0 saturated carbocycles. The second-order valence-corrected chi connectivity index (χ2v) is 3.59. The van der Waals surface area contributed by atoms with Crippen LogP contribution in [-0.4, -0.2) is 7.11 Å². The Morgan fingerprint density at radius 1 is 0.867 bits per heavy atom. The van der Waals surface area contributed by atoms with E-state index in [1.54, 1.807) is 7.11 Å². The summed E-state index contributed by atoms with van der Waals surface area (Å²) in [5.74, 6) is 0.839. The Morgan fingerprint density at radius 2 is 1.47 bits per heavy atom. The van der Waals surface area contributed by atoms with Crippen LogP contribution in [0.15, 0.2) is 48.5 Å². The van der Waals surface area contributed by atoms with Crippen molar-refractivity contribution in [1.29, 1.82) is 0 Å². The Labute approximate surface area is 94.3 Å². The van der Waals surface area contributed by atoms with Crippen LogP contribution in [0.3, 0.4) is 0 Å². The van der Waals surface area contributed by atoms with Crippen LogP contribution in [0, 0.1) is 0 Å². The van der Waals surface area contributed by atoms with Crippen LogP contribution in [0.25, 0.3) is 11.1 Å². The molecule has 2 aromatic carbocycles. The average molecular weight is 219 g/mol. The van der Waals surface area contributed by atoms with Crippen molar-refractivity contribution in [3.63, 3.8) is 0 Å². The Hall–Kier alpha value is -1.47. The van der Waals surface area contributed by atoms with Gasteiger partial charge in [-0.1, -0.05) is 48.0 Å². The molecule has 0 bridgehead atoms. The molecule has 76 valence electrons. The number of hydrogen-bond donors (Lipinski definition) is 0. The summed E-state index contributed by atoms with van der Waals surface area (Å²) < 4.78 is 5.30. The number of benzene rings is 2. The van der Waals surface area contributed by atoms with Crippen LogP contribution in [-0.2, 0) is 0 Å². The fourth-order valence-electron chi connectivity index (χ4n) is 1.55. The molecule has 0 aliphatic carbocycles. The summed E-state index contributed by atoms with van der Waals surface area (Å²) in [7, 11) is 1.66. The highest BCUT2D eigenvalue weighted by atomic mass is 35.5. The molecule has 0 radical (unpaired) electrons. The van der Waals surface area contributed by atoms with Crippen molar-refractivity contribution in [2.75, 3.05) is 7.11 Å². The Balaban J connectivity index is 2.59. The highest BCUT2D eigenvalue weighted by Gasteiger charge is 2.07. The molecule has 0 aliphatic rings. The van der Waals surface area contributed by atoms with E-state index in [4.69, 9.17) is 16.3 Å². The predicted molar refractivity (Wildman–Crippen MR) is 63.4 cm³/mol. The average Bonchev–Trinajstić information content (AvgIpc) is 2.30. The molecule has 0 atom stereocenters. The summed E-state index contributed by atoms with van der Waals surface area (Å²) in [4.78, 5) is 0. The number of para-hydroxylation sites is 1. The predicted octanol–water partition coefficient (Wildman–Crippen LogP) is 4.02. The van der Waals surface area contributed by atoms with E-state index in [0.717, 1.165) is 21.9 Å². The molecule has 0 saturated heterocycles. The molecule has 0 spiro atoms. The Bertz CT molecular complexity index is 466. The van der Waals surface area contributed by atoms with Gasteiger partial charge in [0.15, 0.2) is 0 Å². The minimum absolute atomic E-state index is 0.738. The van der Waals surface area contributed by atoms with E-state index in [1.807, 2.05) is 48.5 Å². The molecule has 1 nitrogen and oxygen atoms in total. The van der Waals surface area contributed by atoms with E-state index >= 15 is 0 Å². The molecule has 0 fully saturated rings. The molecule has 0 N–H and O–H groups in total. The smallest absolute Gasteiger partial charge is 0.126 e. The van der Waals surface area contributed by atoms with Crippen molar-refractivity contribution >= 4 is 11.6 Å². The van der Waals surface area contributed by atoms with E-state index in [0.29, 0.717) is 0 Å². The fraction of sp³-hybridized carbons (Fsp3) is 0.0769. The summed E-state index contributed by atoms with van der Waals surface area (Å²) in [6, 6.07) is 15.6. The normalized spacial score (nSPS) is 10.0. The molecule has 0 aliphatic heterocycles. The van der Waals surface area contributed by atoms with E-state index in [1.165, 1.54) is 0 Å². The van der Waals surface area contributed by atoms with Gasteiger partial charge in [-0.15, -0.1) is 0 Å². The molecular formula is C13H11ClO. The molecule has 2 rings (SSSR count). The van der Waals surface area contributed by atoms with Crippen LogP contribution in [0.2, 0.25) is 5.02 Å². The zero-order chi connectivity index (χ0) is 10.7. The summed E-state index contributed by atoms with van der Waals surface area (Å²) >= 11 is 6.13. The molecule has 2 aromatic rings. The largest absolute Gasteiger partial charge is 0.496 e. The van der Waals surface area contributed by atoms with Gasteiger partial charge in [0.2, 0.25) is 0 Å². The van der Waals surface area contributed by atoms with Gasteiger partial charge in [0.1, 0.15) is 5.75 Å². The molecule has 2 heteroatoms.